The monoisotopic (exact) mass is 358 g/mol. The van der Waals surface area contributed by atoms with Gasteiger partial charge < -0.3 is 15.0 Å². The summed E-state index contributed by atoms with van der Waals surface area (Å²) in [5, 5.41) is 3.13. The molecule has 1 N–H and O–H groups in total. The normalized spacial score (nSPS) is 21.4. The van der Waals surface area contributed by atoms with E-state index < -0.39 is 0 Å². The second-order valence-corrected chi connectivity index (χ2v) is 9.26. The number of hydrogen-bond acceptors (Lipinski definition) is 3. The third kappa shape index (κ3) is 5.00. The van der Waals surface area contributed by atoms with Gasteiger partial charge in [-0.3, -0.25) is 4.79 Å². The van der Waals surface area contributed by atoms with Crippen LogP contribution in [-0.4, -0.2) is 31.7 Å². The molecule has 0 bridgehead atoms. The van der Waals surface area contributed by atoms with E-state index in [9.17, 15) is 4.79 Å². The number of ether oxygens (including phenoxy) is 1. The number of carbonyl (C=O) groups excluding carboxylic acids is 1. The summed E-state index contributed by atoms with van der Waals surface area (Å²) in [5.41, 5.74) is 4.46. The maximum absolute atomic E-state index is 12.3. The van der Waals surface area contributed by atoms with Gasteiger partial charge in [0, 0.05) is 30.9 Å². The fourth-order valence-corrected chi connectivity index (χ4v) is 3.88. The van der Waals surface area contributed by atoms with Crippen LogP contribution < -0.4 is 10.2 Å². The first-order valence-electron chi connectivity index (χ1n) is 10.0. The first kappa shape index (κ1) is 19.2. The number of amides is 1. The first-order chi connectivity index (χ1) is 12.2. The molecule has 1 aromatic rings. The minimum Gasteiger partial charge on any atom is -0.376 e. The van der Waals surface area contributed by atoms with Crippen molar-refractivity contribution >= 4 is 17.3 Å². The number of aryl methyl sites for hydroxylation is 2. The summed E-state index contributed by atoms with van der Waals surface area (Å²) >= 11 is 0. The lowest BCUT2D eigenvalue weighted by Gasteiger charge is -2.25. The zero-order chi connectivity index (χ0) is 18.9. The molecule has 0 aromatic heterocycles. The third-order valence-electron chi connectivity index (χ3n) is 5.36. The van der Waals surface area contributed by atoms with Crippen LogP contribution in [0.5, 0.6) is 0 Å². The molecule has 1 aliphatic carbocycles. The van der Waals surface area contributed by atoms with Gasteiger partial charge in [0.25, 0.3) is 0 Å². The molecule has 0 spiro atoms. The van der Waals surface area contributed by atoms with Crippen molar-refractivity contribution in [3.63, 3.8) is 0 Å². The number of rotatable bonds is 4. The largest absolute Gasteiger partial charge is 0.376 e. The van der Waals surface area contributed by atoms with E-state index in [0.717, 1.165) is 48.8 Å². The molecular weight excluding hydrogens is 324 g/mol. The van der Waals surface area contributed by atoms with Crippen LogP contribution in [0.1, 0.15) is 57.6 Å². The van der Waals surface area contributed by atoms with Crippen molar-refractivity contribution in [2.75, 3.05) is 29.9 Å². The minimum absolute atomic E-state index is 0.00399. The summed E-state index contributed by atoms with van der Waals surface area (Å²) in [4.78, 5) is 14.8. The number of nitrogens with one attached hydrogen (secondary N) is 1. The lowest BCUT2D eigenvalue weighted by molar-refractivity contribution is -0.117. The average Bonchev–Trinajstić information content (AvgIpc) is 3.34. The molecule has 3 rings (SSSR count). The predicted molar refractivity (Wildman–Crippen MR) is 108 cm³/mol. The van der Waals surface area contributed by atoms with Crippen LogP contribution in [0.4, 0.5) is 11.4 Å². The van der Waals surface area contributed by atoms with Crippen LogP contribution in [0.3, 0.4) is 0 Å². The molecule has 2 fully saturated rings. The van der Waals surface area contributed by atoms with E-state index in [1.165, 1.54) is 18.5 Å². The predicted octanol–water partition coefficient (Wildman–Crippen LogP) is 4.68. The molecule has 4 heteroatoms. The van der Waals surface area contributed by atoms with Crippen molar-refractivity contribution in [2.24, 2.45) is 11.3 Å². The van der Waals surface area contributed by atoms with Crippen molar-refractivity contribution in [3.8, 4) is 0 Å². The van der Waals surface area contributed by atoms with Gasteiger partial charge in [0.05, 0.1) is 12.7 Å². The van der Waals surface area contributed by atoms with E-state index in [2.05, 4.69) is 57.0 Å². The molecule has 0 radical (unpaired) electrons. The molecule has 1 amide bonds. The highest BCUT2D eigenvalue weighted by Gasteiger charge is 2.33. The van der Waals surface area contributed by atoms with Gasteiger partial charge in [-0.2, -0.15) is 0 Å². The van der Waals surface area contributed by atoms with Crippen molar-refractivity contribution < 1.29 is 9.53 Å². The molecule has 1 aliphatic heterocycles. The van der Waals surface area contributed by atoms with E-state index in [1.54, 1.807) is 0 Å². The number of hydrogen-bond donors (Lipinski definition) is 1. The maximum Gasteiger partial charge on any atom is 0.224 e. The van der Waals surface area contributed by atoms with Gasteiger partial charge >= 0.3 is 0 Å². The van der Waals surface area contributed by atoms with Gasteiger partial charge in [-0.25, -0.2) is 0 Å². The molecular formula is C22H34N2O2. The molecule has 4 nitrogen and oxygen atoms in total. The highest BCUT2D eigenvalue weighted by molar-refractivity contribution is 5.93. The van der Waals surface area contributed by atoms with Crippen LogP contribution in [0.2, 0.25) is 0 Å². The molecule has 1 saturated carbocycles. The smallest absolute Gasteiger partial charge is 0.224 e. The van der Waals surface area contributed by atoms with Crippen molar-refractivity contribution in [3.05, 3.63) is 23.3 Å². The van der Waals surface area contributed by atoms with Gasteiger partial charge in [0.1, 0.15) is 0 Å². The highest BCUT2D eigenvalue weighted by atomic mass is 16.5. The molecule has 1 unspecified atom stereocenters. The zero-order valence-corrected chi connectivity index (χ0v) is 17.0. The lowest BCUT2D eigenvalue weighted by Crippen LogP contribution is -2.26. The summed E-state index contributed by atoms with van der Waals surface area (Å²) < 4.78 is 6.06. The van der Waals surface area contributed by atoms with Crippen LogP contribution in [-0.2, 0) is 9.53 Å². The Morgan fingerprint density at radius 3 is 2.38 bits per heavy atom. The lowest BCUT2D eigenvalue weighted by atomic mass is 9.92. The Morgan fingerprint density at radius 2 is 1.81 bits per heavy atom. The molecule has 1 aromatic carbocycles. The summed E-state index contributed by atoms with van der Waals surface area (Å²) in [6.07, 6.45) is 4.78. The summed E-state index contributed by atoms with van der Waals surface area (Å²) in [6, 6.07) is 4.41. The second-order valence-electron chi connectivity index (χ2n) is 9.26. The van der Waals surface area contributed by atoms with Gasteiger partial charge in [-0.05, 0) is 67.7 Å². The maximum atomic E-state index is 12.3. The Bertz CT molecular complexity index is 636. The fraction of sp³-hybridized carbons (Fsp3) is 0.682. The van der Waals surface area contributed by atoms with Gasteiger partial charge in [-0.15, -0.1) is 0 Å². The number of benzene rings is 1. The van der Waals surface area contributed by atoms with E-state index in [0.29, 0.717) is 12.5 Å². The molecule has 1 heterocycles. The molecule has 144 valence electrons. The highest BCUT2D eigenvalue weighted by Crippen LogP contribution is 2.37. The van der Waals surface area contributed by atoms with Crippen LogP contribution in [0, 0.1) is 25.2 Å². The van der Waals surface area contributed by atoms with E-state index >= 15 is 0 Å². The summed E-state index contributed by atoms with van der Waals surface area (Å²) in [6.45, 7) is 13.2. The number of nitrogens with zero attached hydrogens (tertiary/aromatic N) is 1. The first-order valence-corrected chi connectivity index (χ1v) is 10.0. The Labute approximate surface area is 158 Å². The van der Waals surface area contributed by atoms with E-state index in [4.69, 9.17) is 4.74 Å². The second kappa shape index (κ2) is 7.59. The Kier molecular flexibility index (Phi) is 5.61. The minimum atomic E-state index is -0.00399. The molecule has 1 saturated heterocycles. The average molecular weight is 359 g/mol. The Morgan fingerprint density at radius 1 is 1.15 bits per heavy atom. The van der Waals surface area contributed by atoms with E-state index in [-0.39, 0.29) is 11.3 Å². The van der Waals surface area contributed by atoms with Gasteiger partial charge in [-0.1, -0.05) is 20.8 Å². The fourth-order valence-electron chi connectivity index (χ4n) is 3.88. The third-order valence-corrected chi connectivity index (χ3v) is 5.36. The standard InChI is InChI=1S/C22H34N2O2/c1-15-12-18(24-9-8-19(17-6-7-17)26-11-10-24)13-16(2)21(15)23-20(25)14-22(3,4)5/h12-13,17,19H,6-11,14H2,1-5H3,(H,23,25). The van der Waals surface area contributed by atoms with Crippen LogP contribution >= 0.6 is 0 Å². The van der Waals surface area contributed by atoms with Crippen LogP contribution in [0.25, 0.3) is 0 Å². The molecule has 1 atom stereocenters. The Hall–Kier alpha value is -1.55. The van der Waals surface area contributed by atoms with Crippen molar-refractivity contribution in [2.45, 2.75) is 66.4 Å². The summed E-state index contributed by atoms with van der Waals surface area (Å²) in [5.74, 6) is 0.894. The van der Waals surface area contributed by atoms with E-state index in [1.807, 2.05) is 0 Å². The number of anilines is 2. The summed E-state index contributed by atoms with van der Waals surface area (Å²) in [7, 11) is 0. The van der Waals surface area contributed by atoms with Crippen molar-refractivity contribution in [1.82, 2.24) is 0 Å². The SMILES string of the molecule is Cc1cc(N2CCOC(C3CC3)CC2)cc(C)c1NC(=O)CC(C)(C)C. The van der Waals surface area contributed by atoms with Gasteiger partial charge in [0.15, 0.2) is 0 Å². The topological polar surface area (TPSA) is 41.6 Å². The Balaban J connectivity index is 1.69. The molecule has 26 heavy (non-hydrogen) atoms. The van der Waals surface area contributed by atoms with Gasteiger partial charge in [0.2, 0.25) is 5.91 Å². The zero-order valence-electron chi connectivity index (χ0n) is 17.0. The molecule has 2 aliphatic rings. The quantitative estimate of drug-likeness (QED) is 0.849. The number of carbonyl (C=O) groups is 1. The van der Waals surface area contributed by atoms with Crippen molar-refractivity contribution in [1.29, 1.82) is 0 Å². The van der Waals surface area contributed by atoms with Crippen LogP contribution in [0.15, 0.2) is 12.1 Å².